The third-order valence-corrected chi connectivity index (χ3v) is 6.00. The quantitative estimate of drug-likeness (QED) is 0.430. The molecule has 0 saturated heterocycles. The molecule has 0 unspecified atom stereocenters. The predicted octanol–water partition coefficient (Wildman–Crippen LogP) is 8.63. The monoisotopic (exact) mass is 366 g/mol. The van der Waals surface area contributed by atoms with Crippen molar-refractivity contribution < 1.29 is 4.39 Å². The van der Waals surface area contributed by atoms with Gasteiger partial charge < -0.3 is 0 Å². The lowest BCUT2D eigenvalue weighted by Crippen LogP contribution is -2.13. The van der Waals surface area contributed by atoms with Crippen molar-refractivity contribution in [1.29, 1.82) is 0 Å². The maximum atomic E-state index is 14.0. The summed E-state index contributed by atoms with van der Waals surface area (Å²) in [5.74, 6) is 1.44. The summed E-state index contributed by atoms with van der Waals surface area (Å²) in [5.41, 5.74) is 4.01. The molecule has 0 aromatic heterocycles. The summed E-state index contributed by atoms with van der Waals surface area (Å²) in [6.07, 6.45) is 12.5. The van der Waals surface area contributed by atoms with Crippen LogP contribution in [0, 0.1) is 11.7 Å². The molecule has 2 aromatic carbocycles. The van der Waals surface area contributed by atoms with Gasteiger partial charge in [0.05, 0.1) is 0 Å². The lowest BCUT2D eigenvalue weighted by atomic mass is 9.77. The van der Waals surface area contributed by atoms with Gasteiger partial charge >= 0.3 is 0 Å². The van der Waals surface area contributed by atoms with Gasteiger partial charge in [-0.25, -0.2) is 4.39 Å². The van der Waals surface area contributed by atoms with Crippen LogP contribution in [0.3, 0.4) is 0 Å². The maximum absolute atomic E-state index is 14.0. The summed E-state index contributed by atoms with van der Waals surface area (Å²) in [6, 6.07) is 14.2. The smallest absolute Gasteiger partial charge is 0.131 e. The Balaban J connectivity index is 0.00000261. The lowest BCUT2D eigenvalue weighted by molar-refractivity contribution is 0.303. The molecule has 2 aromatic rings. The van der Waals surface area contributed by atoms with Crippen LogP contribution in [0.25, 0.3) is 17.2 Å². The van der Waals surface area contributed by atoms with E-state index in [-0.39, 0.29) is 13.2 Å². The minimum Gasteiger partial charge on any atom is -0.206 e. The van der Waals surface area contributed by atoms with Gasteiger partial charge in [0.1, 0.15) is 5.82 Å². The van der Waals surface area contributed by atoms with Crippen molar-refractivity contribution in [2.75, 3.05) is 0 Å². The molecule has 1 saturated carbocycles. The minimum absolute atomic E-state index is 0. The van der Waals surface area contributed by atoms with E-state index in [4.69, 9.17) is 0 Å². The average Bonchev–Trinajstić information content (AvgIpc) is 2.69. The van der Waals surface area contributed by atoms with Gasteiger partial charge in [-0.1, -0.05) is 89.1 Å². The first kappa shape index (κ1) is 21.4. The van der Waals surface area contributed by atoms with Crippen molar-refractivity contribution in [3.63, 3.8) is 0 Å². The third kappa shape index (κ3) is 5.54. The van der Waals surface area contributed by atoms with Crippen LogP contribution >= 0.6 is 0 Å². The highest BCUT2D eigenvalue weighted by molar-refractivity contribution is 5.66. The zero-order chi connectivity index (χ0) is 18.4. The third-order valence-electron chi connectivity index (χ3n) is 6.00. The molecule has 0 spiro atoms. The Hall–Kier alpha value is -1.89. The van der Waals surface area contributed by atoms with E-state index in [0.717, 1.165) is 17.0 Å². The lowest BCUT2D eigenvalue weighted by Gasteiger charge is -2.29. The van der Waals surface area contributed by atoms with Gasteiger partial charge in [0.2, 0.25) is 0 Å². The molecule has 0 heterocycles. The molecule has 1 heteroatoms. The zero-order valence-electron chi connectivity index (χ0n) is 16.0. The largest absolute Gasteiger partial charge is 0.206 e. The van der Waals surface area contributed by atoms with Crippen LogP contribution < -0.4 is 0 Å². The van der Waals surface area contributed by atoms with Crippen molar-refractivity contribution >= 4 is 6.08 Å². The predicted molar refractivity (Wildman–Crippen MR) is 117 cm³/mol. The van der Waals surface area contributed by atoms with Gasteiger partial charge in [-0.3, -0.25) is 0 Å². The summed E-state index contributed by atoms with van der Waals surface area (Å²) in [6.45, 7) is 5.92. The SMILES string of the molecule is C.C=Cc1ccc(-c2ccc(C3CCC(CCCCC)CC3)cc2)cc1F. The van der Waals surface area contributed by atoms with E-state index in [1.165, 1.54) is 56.9 Å². The van der Waals surface area contributed by atoms with Crippen molar-refractivity contribution in [2.24, 2.45) is 5.92 Å². The van der Waals surface area contributed by atoms with E-state index in [9.17, 15) is 4.39 Å². The average molecular weight is 367 g/mol. The summed E-state index contributed by atoms with van der Waals surface area (Å²) >= 11 is 0. The van der Waals surface area contributed by atoms with E-state index in [2.05, 4.69) is 37.8 Å². The fourth-order valence-electron chi connectivity index (χ4n) is 4.29. The van der Waals surface area contributed by atoms with Crippen molar-refractivity contribution in [3.8, 4) is 11.1 Å². The number of hydrogen-bond donors (Lipinski definition) is 0. The first-order valence-electron chi connectivity index (χ1n) is 10.2. The molecule has 3 rings (SSSR count). The summed E-state index contributed by atoms with van der Waals surface area (Å²) in [7, 11) is 0. The van der Waals surface area contributed by atoms with Crippen LogP contribution in [-0.2, 0) is 0 Å². The van der Waals surface area contributed by atoms with Gasteiger partial charge in [0, 0.05) is 5.56 Å². The van der Waals surface area contributed by atoms with E-state index < -0.39 is 0 Å². The van der Waals surface area contributed by atoms with Crippen molar-refractivity contribution in [1.82, 2.24) is 0 Å². The number of rotatable bonds is 7. The number of unbranched alkanes of at least 4 members (excludes halogenated alkanes) is 2. The van der Waals surface area contributed by atoms with Gasteiger partial charge in [0.25, 0.3) is 0 Å². The molecule has 146 valence electrons. The molecular formula is C26H35F. The Kier molecular flexibility index (Phi) is 8.28. The molecule has 27 heavy (non-hydrogen) atoms. The van der Waals surface area contributed by atoms with Gasteiger partial charge in [-0.15, -0.1) is 0 Å². The number of benzene rings is 2. The van der Waals surface area contributed by atoms with E-state index >= 15 is 0 Å². The molecule has 0 bridgehead atoms. The normalized spacial score (nSPS) is 19.3. The molecule has 0 nitrogen and oxygen atoms in total. The highest BCUT2D eigenvalue weighted by Gasteiger charge is 2.22. The van der Waals surface area contributed by atoms with Gasteiger partial charge in [-0.05, 0) is 60.3 Å². The van der Waals surface area contributed by atoms with Crippen LogP contribution in [0.4, 0.5) is 4.39 Å². The molecule has 1 fully saturated rings. The Bertz CT molecular complexity index is 705. The summed E-state index contributed by atoms with van der Waals surface area (Å²) in [5, 5.41) is 0. The van der Waals surface area contributed by atoms with Crippen LogP contribution in [0.15, 0.2) is 49.0 Å². The fourth-order valence-corrected chi connectivity index (χ4v) is 4.29. The first-order chi connectivity index (χ1) is 12.7. The molecule has 0 N–H and O–H groups in total. The summed E-state index contributed by atoms with van der Waals surface area (Å²) in [4.78, 5) is 0. The zero-order valence-corrected chi connectivity index (χ0v) is 16.0. The second-order valence-electron chi connectivity index (χ2n) is 7.78. The second-order valence-corrected chi connectivity index (χ2v) is 7.78. The van der Waals surface area contributed by atoms with Crippen molar-refractivity contribution in [2.45, 2.75) is 71.6 Å². The Morgan fingerprint density at radius 1 is 0.963 bits per heavy atom. The van der Waals surface area contributed by atoms with E-state index in [1.807, 2.05) is 6.07 Å². The fraction of sp³-hybridized carbons (Fsp3) is 0.462. The standard InChI is InChI=1S/C25H31F.CH4/c1-3-5-6-7-19-8-10-21(11-9-19)22-13-15-23(16-14-22)24-17-12-20(4-2)25(26)18-24;/h4,12-19,21H,2-3,5-11H2,1H3;1H4. The van der Waals surface area contributed by atoms with E-state index in [1.54, 1.807) is 18.2 Å². The molecule has 0 radical (unpaired) electrons. The van der Waals surface area contributed by atoms with Crippen LogP contribution in [-0.4, -0.2) is 0 Å². The first-order valence-corrected chi connectivity index (χ1v) is 10.2. The van der Waals surface area contributed by atoms with Crippen LogP contribution in [0.2, 0.25) is 0 Å². The molecule has 1 aliphatic rings. The topological polar surface area (TPSA) is 0 Å². The minimum atomic E-state index is -0.206. The molecule has 0 amide bonds. The molecule has 0 aliphatic heterocycles. The highest BCUT2D eigenvalue weighted by atomic mass is 19.1. The van der Waals surface area contributed by atoms with Crippen LogP contribution in [0.1, 0.15) is 82.8 Å². The maximum Gasteiger partial charge on any atom is 0.131 e. The van der Waals surface area contributed by atoms with Gasteiger partial charge in [0.15, 0.2) is 0 Å². The highest BCUT2D eigenvalue weighted by Crippen LogP contribution is 2.38. The summed E-state index contributed by atoms with van der Waals surface area (Å²) < 4.78 is 14.0. The number of halogens is 1. The Labute approximate surface area is 165 Å². The Morgan fingerprint density at radius 3 is 2.22 bits per heavy atom. The Morgan fingerprint density at radius 2 is 1.63 bits per heavy atom. The molecular weight excluding hydrogens is 331 g/mol. The van der Waals surface area contributed by atoms with Gasteiger partial charge in [-0.2, -0.15) is 0 Å². The van der Waals surface area contributed by atoms with Crippen LogP contribution in [0.5, 0.6) is 0 Å². The van der Waals surface area contributed by atoms with Crippen molar-refractivity contribution in [3.05, 3.63) is 66.0 Å². The molecule has 1 aliphatic carbocycles. The molecule has 0 atom stereocenters. The second kappa shape index (κ2) is 10.4. The van der Waals surface area contributed by atoms with E-state index in [0.29, 0.717) is 11.5 Å². The number of hydrogen-bond acceptors (Lipinski definition) is 0.